The quantitative estimate of drug-likeness (QED) is 0.703. The summed E-state index contributed by atoms with van der Waals surface area (Å²) in [6.45, 7) is 0.548. The molecule has 0 aromatic carbocycles. The van der Waals surface area contributed by atoms with Crippen LogP contribution in [0.4, 0.5) is 0 Å². The smallest absolute Gasteiger partial charge is 0.253 e. The summed E-state index contributed by atoms with van der Waals surface area (Å²) >= 11 is 6.44. The first kappa shape index (κ1) is 16.7. The highest BCUT2D eigenvalue weighted by molar-refractivity contribution is 7.91. The lowest BCUT2D eigenvalue weighted by atomic mass is 10.1. The van der Waals surface area contributed by atoms with E-state index in [-0.39, 0.29) is 26.8 Å². The van der Waals surface area contributed by atoms with Crippen LogP contribution < -0.4 is 10.5 Å². The lowest BCUT2D eigenvalue weighted by Gasteiger charge is -2.17. The summed E-state index contributed by atoms with van der Waals surface area (Å²) in [5.41, 5.74) is -0.118. The highest BCUT2D eigenvalue weighted by Crippen LogP contribution is 2.29. The third-order valence-corrected chi connectivity index (χ3v) is 5.78. The molecule has 2 atom stereocenters. The minimum atomic E-state index is -4.03. The first-order chi connectivity index (χ1) is 9.79. The molecule has 1 saturated heterocycles. The van der Waals surface area contributed by atoms with Crippen LogP contribution in [-0.4, -0.2) is 44.8 Å². The van der Waals surface area contributed by atoms with Gasteiger partial charge in [-0.05, 0) is 18.9 Å². The molecule has 0 bridgehead atoms. The summed E-state index contributed by atoms with van der Waals surface area (Å²) in [6.07, 6.45) is 0.437. The molecule has 1 aromatic rings. The van der Waals surface area contributed by atoms with Gasteiger partial charge in [-0.15, -0.1) is 11.3 Å². The van der Waals surface area contributed by atoms with E-state index in [0.717, 1.165) is 12.8 Å². The van der Waals surface area contributed by atoms with Crippen LogP contribution in [0.5, 0.6) is 0 Å². The lowest BCUT2D eigenvalue weighted by Crippen LogP contribution is -2.39. The summed E-state index contributed by atoms with van der Waals surface area (Å²) in [5, 5.41) is 17.4. The van der Waals surface area contributed by atoms with E-state index < -0.39 is 22.0 Å². The van der Waals surface area contributed by atoms with Crippen molar-refractivity contribution >= 4 is 38.9 Å². The molecule has 118 valence electrons. The van der Waals surface area contributed by atoms with E-state index in [4.69, 9.17) is 21.5 Å². The highest BCUT2D eigenvalue weighted by atomic mass is 35.5. The number of aliphatic hydroxyl groups excluding tert-OH is 1. The number of hydrogen-bond donors (Lipinski definition) is 3. The second-order valence-corrected chi connectivity index (χ2v) is 8.07. The van der Waals surface area contributed by atoms with Crippen LogP contribution >= 0.6 is 22.9 Å². The van der Waals surface area contributed by atoms with Gasteiger partial charge in [0, 0.05) is 13.2 Å². The van der Waals surface area contributed by atoms with Crippen LogP contribution in [0.3, 0.4) is 0 Å². The fourth-order valence-electron chi connectivity index (χ4n) is 2.04. The zero-order valence-corrected chi connectivity index (χ0v) is 13.3. The third kappa shape index (κ3) is 4.15. The van der Waals surface area contributed by atoms with Crippen molar-refractivity contribution in [1.82, 2.24) is 5.32 Å². The van der Waals surface area contributed by atoms with Gasteiger partial charge in [0.25, 0.3) is 5.91 Å². The summed E-state index contributed by atoms with van der Waals surface area (Å²) in [7, 11) is -4.03. The summed E-state index contributed by atoms with van der Waals surface area (Å²) in [5.74, 6) is -0.653. The minimum Gasteiger partial charge on any atom is -0.389 e. The van der Waals surface area contributed by atoms with Crippen LogP contribution in [-0.2, 0) is 14.8 Å². The van der Waals surface area contributed by atoms with Gasteiger partial charge in [-0.3, -0.25) is 4.79 Å². The molecule has 10 heteroatoms. The number of nitrogens with two attached hydrogens (primary N) is 1. The molecule has 1 amide bonds. The maximum absolute atomic E-state index is 12.0. The monoisotopic (exact) mass is 354 g/mol. The van der Waals surface area contributed by atoms with Crippen molar-refractivity contribution in [3.8, 4) is 0 Å². The van der Waals surface area contributed by atoms with Crippen molar-refractivity contribution in [3.05, 3.63) is 16.0 Å². The maximum Gasteiger partial charge on any atom is 0.253 e. The first-order valence-electron chi connectivity index (χ1n) is 6.19. The Bertz CT molecular complexity index is 625. The summed E-state index contributed by atoms with van der Waals surface area (Å²) in [6, 6.07) is 1.24. The number of primary sulfonamides is 1. The largest absolute Gasteiger partial charge is 0.389 e. The molecule has 0 spiro atoms. The standard InChI is InChI=1S/C11H15ClN2O5S2/c12-9-4-6(11(20-9)21(13,17)18)10(16)14-5-7(15)8-2-1-3-19-8/h4,7-8,15H,1-3,5H2,(H,14,16)(H2,13,17,18). The molecule has 1 aliphatic heterocycles. The van der Waals surface area contributed by atoms with Crippen LogP contribution in [0.1, 0.15) is 23.2 Å². The third-order valence-electron chi connectivity index (χ3n) is 3.04. The second-order valence-electron chi connectivity index (χ2n) is 4.63. The molecule has 21 heavy (non-hydrogen) atoms. The number of ether oxygens (including phenoxy) is 1. The Morgan fingerprint density at radius 3 is 2.95 bits per heavy atom. The molecular weight excluding hydrogens is 340 g/mol. The van der Waals surface area contributed by atoms with Gasteiger partial charge < -0.3 is 15.2 Å². The number of hydrogen-bond acceptors (Lipinski definition) is 6. The molecular formula is C11H15ClN2O5S2. The zero-order valence-electron chi connectivity index (χ0n) is 10.9. The number of sulfonamides is 1. The Hall–Kier alpha value is -0.710. The Morgan fingerprint density at radius 2 is 2.38 bits per heavy atom. The van der Waals surface area contributed by atoms with E-state index in [1.807, 2.05) is 0 Å². The van der Waals surface area contributed by atoms with E-state index in [1.54, 1.807) is 0 Å². The van der Waals surface area contributed by atoms with Crippen molar-refractivity contribution in [1.29, 1.82) is 0 Å². The van der Waals surface area contributed by atoms with Crippen LogP contribution in [0.25, 0.3) is 0 Å². The predicted octanol–water partition coefficient (Wildman–Crippen LogP) is 0.319. The molecule has 2 unspecified atom stereocenters. The zero-order chi connectivity index (χ0) is 15.6. The normalized spacial score (nSPS) is 20.4. The number of halogens is 1. The van der Waals surface area contributed by atoms with E-state index in [9.17, 15) is 18.3 Å². The molecule has 7 nitrogen and oxygen atoms in total. The summed E-state index contributed by atoms with van der Waals surface area (Å²) in [4.78, 5) is 12.0. The minimum absolute atomic E-state index is 0.0407. The molecule has 2 rings (SSSR count). The van der Waals surface area contributed by atoms with Crippen molar-refractivity contribution in [2.45, 2.75) is 29.3 Å². The van der Waals surface area contributed by atoms with Gasteiger partial charge in [-0.2, -0.15) is 0 Å². The molecule has 1 aromatic heterocycles. The Labute approximate surface area is 131 Å². The van der Waals surface area contributed by atoms with Crippen LogP contribution in [0.2, 0.25) is 4.34 Å². The molecule has 0 aliphatic carbocycles. The first-order valence-corrected chi connectivity index (χ1v) is 8.93. The number of carbonyl (C=O) groups is 1. The van der Waals surface area contributed by atoms with E-state index in [2.05, 4.69) is 5.32 Å². The number of amides is 1. The van der Waals surface area contributed by atoms with Gasteiger partial charge >= 0.3 is 0 Å². The van der Waals surface area contributed by atoms with Crippen molar-refractivity contribution in [2.75, 3.05) is 13.2 Å². The lowest BCUT2D eigenvalue weighted by molar-refractivity contribution is -0.0000890. The van der Waals surface area contributed by atoms with Gasteiger partial charge in [0.2, 0.25) is 10.0 Å². The molecule has 1 aliphatic rings. The number of rotatable bonds is 5. The van der Waals surface area contributed by atoms with Gasteiger partial charge in [0.1, 0.15) is 4.21 Å². The second kappa shape index (κ2) is 6.59. The fraction of sp³-hybridized carbons (Fsp3) is 0.545. The van der Waals surface area contributed by atoms with E-state index in [1.165, 1.54) is 6.07 Å². The molecule has 4 N–H and O–H groups in total. The highest BCUT2D eigenvalue weighted by Gasteiger charge is 2.27. The number of thiophene rings is 1. The Balaban J connectivity index is 2.03. The average molecular weight is 355 g/mol. The van der Waals surface area contributed by atoms with Crippen LogP contribution in [0, 0.1) is 0 Å². The predicted molar refractivity (Wildman–Crippen MR) is 78.0 cm³/mol. The fourth-order valence-corrected chi connectivity index (χ4v) is 4.33. The molecule has 2 heterocycles. The molecule has 0 radical (unpaired) electrons. The van der Waals surface area contributed by atoms with Crippen molar-refractivity contribution in [3.63, 3.8) is 0 Å². The van der Waals surface area contributed by atoms with Gasteiger partial charge in [-0.1, -0.05) is 11.6 Å². The number of nitrogens with one attached hydrogen (secondary N) is 1. The Morgan fingerprint density at radius 1 is 1.67 bits per heavy atom. The average Bonchev–Trinajstić information content (AvgIpc) is 3.03. The molecule has 0 saturated carbocycles. The SMILES string of the molecule is NS(=O)(=O)c1sc(Cl)cc1C(=O)NCC(O)C1CCCO1. The summed E-state index contributed by atoms with van der Waals surface area (Å²) < 4.78 is 27.9. The van der Waals surface area contributed by atoms with Gasteiger partial charge in [0.15, 0.2) is 0 Å². The van der Waals surface area contributed by atoms with E-state index in [0.29, 0.717) is 17.9 Å². The van der Waals surface area contributed by atoms with Crippen molar-refractivity contribution in [2.24, 2.45) is 5.14 Å². The maximum atomic E-state index is 12.0. The van der Waals surface area contributed by atoms with E-state index >= 15 is 0 Å². The van der Waals surface area contributed by atoms with Crippen molar-refractivity contribution < 1.29 is 23.1 Å². The van der Waals surface area contributed by atoms with Gasteiger partial charge in [0.05, 0.1) is 22.1 Å². The number of carbonyl (C=O) groups excluding carboxylic acids is 1. The number of aliphatic hydroxyl groups is 1. The van der Waals surface area contributed by atoms with Crippen LogP contribution in [0.15, 0.2) is 10.3 Å². The molecule has 1 fully saturated rings. The topological polar surface area (TPSA) is 119 Å². The van der Waals surface area contributed by atoms with Gasteiger partial charge in [-0.25, -0.2) is 13.6 Å². The Kier molecular flexibility index (Phi) is 5.23.